The zero-order chi connectivity index (χ0) is 22.4. The van der Waals surface area contributed by atoms with Gasteiger partial charge >= 0.3 is 6.03 Å². The molecule has 0 aromatic heterocycles. The SMILES string of the molecule is C#Cc1cccc(OCC2CN(C(=O)NC(C)(C)c3cccc(C(=C)C)c3)CCO2)c1. The van der Waals surface area contributed by atoms with Crippen molar-refractivity contribution in [3.63, 3.8) is 0 Å². The summed E-state index contributed by atoms with van der Waals surface area (Å²) in [7, 11) is 0. The minimum atomic E-state index is -0.525. The monoisotopic (exact) mass is 418 g/mol. The standard InChI is InChI=1S/C26H30N2O3/c1-6-20-9-7-12-23(15-20)31-18-24-17-28(13-14-30-24)25(29)27-26(4,5)22-11-8-10-21(16-22)19(2)3/h1,7-12,15-16,24H,2,13-14,17-18H2,3-5H3,(H,27,29). The summed E-state index contributed by atoms with van der Waals surface area (Å²) >= 11 is 0. The van der Waals surface area contributed by atoms with Crippen LogP contribution in [-0.2, 0) is 10.3 Å². The number of amides is 2. The first kappa shape index (κ1) is 22.5. The molecule has 1 fully saturated rings. The molecule has 1 aliphatic rings. The largest absolute Gasteiger partial charge is 0.491 e. The number of ether oxygens (including phenoxy) is 2. The third-order valence-corrected chi connectivity index (χ3v) is 5.36. The molecule has 2 amide bonds. The highest BCUT2D eigenvalue weighted by molar-refractivity contribution is 5.75. The molecule has 0 aliphatic carbocycles. The van der Waals surface area contributed by atoms with E-state index in [4.69, 9.17) is 15.9 Å². The van der Waals surface area contributed by atoms with Gasteiger partial charge in [0.2, 0.25) is 0 Å². The van der Waals surface area contributed by atoms with Gasteiger partial charge in [-0.15, -0.1) is 6.42 Å². The number of hydrogen-bond donors (Lipinski definition) is 1. The van der Waals surface area contributed by atoms with Gasteiger partial charge in [0.1, 0.15) is 18.5 Å². The van der Waals surface area contributed by atoms with Crippen LogP contribution in [0.15, 0.2) is 55.1 Å². The number of terminal acetylenes is 1. The second kappa shape index (κ2) is 9.72. The van der Waals surface area contributed by atoms with Crippen LogP contribution in [0.3, 0.4) is 0 Å². The smallest absolute Gasteiger partial charge is 0.318 e. The maximum absolute atomic E-state index is 13.0. The number of allylic oxidation sites excluding steroid dienone is 1. The summed E-state index contributed by atoms with van der Waals surface area (Å²) < 4.78 is 11.6. The summed E-state index contributed by atoms with van der Waals surface area (Å²) in [6, 6.07) is 15.4. The third kappa shape index (κ3) is 5.90. The fraction of sp³-hybridized carbons (Fsp3) is 0.346. The summed E-state index contributed by atoms with van der Waals surface area (Å²) in [5.74, 6) is 3.29. The van der Waals surface area contributed by atoms with Gasteiger partial charge in [-0.05, 0) is 56.2 Å². The highest BCUT2D eigenvalue weighted by Crippen LogP contribution is 2.24. The minimum Gasteiger partial charge on any atom is -0.491 e. The lowest BCUT2D eigenvalue weighted by Crippen LogP contribution is -2.54. The Balaban J connectivity index is 1.59. The molecule has 2 aromatic rings. The van der Waals surface area contributed by atoms with Gasteiger partial charge in [-0.2, -0.15) is 0 Å². The van der Waals surface area contributed by atoms with E-state index in [0.717, 1.165) is 22.3 Å². The molecule has 1 N–H and O–H groups in total. The first-order chi connectivity index (χ1) is 14.8. The predicted molar refractivity (Wildman–Crippen MR) is 124 cm³/mol. The molecular formula is C26H30N2O3. The molecule has 1 aliphatic heterocycles. The van der Waals surface area contributed by atoms with E-state index < -0.39 is 5.54 Å². The number of benzene rings is 2. The van der Waals surface area contributed by atoms with Crippen molar-refractivity contribution in [2.75, 3.05) is 26.3 Å². The Morgan fingerprint density at radius 2 is 2.10 bits per heavy atom. The van der Waals surface area contributed by atoms with Crippen molar-refractivity contribution >= 4 is 11.6 Å². The molecule has 162 valence electrons. The van der Waals surface area contributed by atoms with Crippen LogP contribution in [0, 0.1) is 12.3 Å². The Morgan fingerprint density at radius 3 is 2.84 bits per heavy atom. The lowest BCUT2D eigenvalue weighted by molar-refractivity contribution is -0.0358. The van der Waals surface area contributed by atoms with Gasteiger partial charge in [0.05, 0.1) is 18.7 Å². The Labute approximate surface area is 185 Å². The number of rotatable bonds is 6. The number of hydrogen-bond acceptors (Lipinski definition) is 3. The van der Waals surface area contributed by atoms with E-state index in [2.05, 4.69) is 23.9 Å². The molecule has 1 atom stereocenters. The van der Waals surface area contributed by atoms with Crippen molar-refractivity contribution in [2.45, 2.75) is 32.4 Å². The summed E-state index contributed by atoms with van der Waals surface area (Å²) in [6.07, 6.45) is 5.23. The minimum absolute atomic E-state index is 0.117. The Bertz CT molecular complexity index is 990. The molecule has 1 unspecified atom stereocenters. The number of urea groups is 1. The molecule has 3 rings (SSSR count). The Kier molecular flexibility index (Phi) is 7.04. The van der Waals surface area contributed by atoms with Gasteiger partial charge in [-0.1, -0.05) is 42.3 Å². The Morgan fingerprint density at radius 1 is 1.32 bits per heavy atom. The highest BCUT2D eigenvalue weighted by Gasteiger charge is 2.29. The summed E-state index contributed by atoms with van der Waals surface area (Å²) in [4.78, 5) is 14.8. The van der Waals surface area contributed by atoms with Crippen molar-refractivity contribution in [1.29, 1.82) is 0 Å². The van der Waals surface area contributed by atoms with Crippen molar-refractivity contribution in [2.24, 2.45) is 0 Å². The fourth-order valence-electron chi connectivity index (χ4n) is 3.46. The summed E-state index contributed by atoms with van der Waals surface area (Å²) in [5.41, 5.74) is 3.33. The van der Waals surface area contributed by atoms with E-state index in [1.54, 1.807) is 4.90 Å². The van der Waals surface area contributed by atoms with Crippen LogP contribution in [-0.4, -0.2) is 43.3 Å². The lowest BCUT2D eigenvalue weighted by Gasteiger charge is -2.36. The molecule has 0 bridgehead atoms. The first-order valence-corrected chi connectivity index (χ1v) is 10.4. The van der Waals surface area contributed by atoms with Gasteiger partial charge in [0.15, 0.2) is 0 Å². The molecule has 5 nitrogen and oxygen atoms in total. The third-order valence-electron chi connectivity index (χ3n) is 5.36. The highest BCUT2D eigenvalue weighted by atomic mass is 16.5. The normalized spacial score (nSPS) is 16.3. The molecule has 5 heteroatoms. The van der Waals surface area contributed by atoms with Crippen LogP contribution in [0.25, 0.3) is 5.57 Å². The van der Waals surface area contributed by atoms with E-state index in [9.17, 15) is 4.79 Å². The second-order valence-corrected chi connectivity index (χ2v) is 8.34. The average molecular weight is 419 g/mol. The van der Waals surface area contributed by atoms with Crippen LogP contribution in [0.1, 0.15) is 37.5 Å². The van der Waals surface area contributed by atoms with E-state index in [-0.39, 0.29) is 12.1 Å². The van der Waals surface area contributed by atoms with Gasteiger partial charge in [-0.25, -0.2) is 4.79 Å². The van der Waals surface area contributed by atoms with Crippen LogP contribution >= 0.6 is 0 Å². The van der Waals surface area contributed by atoms with E-state index in [0.29, 0.717) is 32.1 Å². The molecule has 0 spiro atoms. The van der Waals surface area contributed by atoms with Gasteiger partial charge in [0.25, 0.3) is 0 Å². The molecule has 2 aromatic carbocycles. The molecule has 1 saturated heterocycles. The molecular weight excluding hydrogens is 388 g/mol. The van der Waals surface area contributed by atoms with Crippen LogP contribution in [0.2, 0.25) is 0 Å². The number of carbonyl (C=O) groups is 1. The van der Waals surface area contributed by atoms with Gasteiger partial charge in [-0.3, -0.25) is 0 Å². The first-order valence-electron chi connectivity index (χ1n) is 10.4. The topological polar surface area (TPSA) is 50.8 Å². The molecule has 0 radical (unpaired) electrons. The number of nitrogens with one attached hydrogen (secondary N) is 1. The predicted octanol–water partition coefficient (Wildman–Crippen LogP) is 4.43. The molecule has 31 heavy (non-hydrogen) atoms. The molecule has 0 saturated carbocycles. The van der Waals surface area contributed by atoms with E-state index in [1.807, 2.05) is 63.2 Å². The zero-order valence-corrected chi connectivity index (χ0v) is 18.5. The Hall–Kier alpha value is -3.23. The maximum Gasteiger partial charge on any atom is 0.318 e. The average Bonchev–Trinajstić information content (AvgIpc) is 2.78. The van der Waals surface area contributed by atoms with Gasteiger partial charge in [0, 0.05) is 12.1 Å². The van der Waals surface area contributed by atoms with Crippen molar-refractivity contribution in [3.8, 4) is 18.1 Å². The van der Waals surface area contributed by atoms with Crippen LogP contribution in [0.4, 0.5) is 4.79 Å². The fourth-order valence-corrected chi connectivity index (χ4v) is 3.46. The quantitative estimate of drug-likeness (QED) is 0.707. The van der Waals surface area contributed by atoms with Crippen LogP contribution in [0.5, 0.6) is 5.75 Å². The van der Waals surface area contributed by atoms with Crippen LogP contribution < -0.4 is 10.1 Å². The summed E-state index contributed by atoms with van der Waals surface area (Å²) in [5, 5.41) is 3.16. The lowest BCUT2D eigenvalue weighted by atomic mass is 9.92. The van der Waals surface area contributed by atoms with Gasteiger partial charge < -0.3 is 19.7 Å². The van der Waals surface area contributed by atoms with Crippen molar-refractivity contribution < 1.29 is 14.3 Å². The van der Waals surface area contributed by atoms with Crippen molar-refractivity contribution in [3.05, 3.63) is 71.8 Å². The van der Waals surface area contributed by atoms with E-state index in [1.165, 1.54) is 0 Å². The molecule has 1 heterocycles. The van der Waals surface area contributed by atoms with E-state index >= 15 is 0 Å². The number of nitrogens with zero attached hydrogens (tertiary/aromatic N) is 1. The number of carbonyl (C=O) groups excluding carboxylic acids is 1. The number of morpholine rings is 1. The zero-order valence-electron chi connectivity index (χ0n) is 18.5. The van der Waals surface area contributed by atoms with Crippen molar-refractivity contribution in [1.82, 2.24) is 10.2 Å². The maximum atomic E-state index is 13.0. The second-order valence-electron chi connectivity index (χ2n) is 8.34. The summed E-state index contributed by atoms with van der Waals surface area (Å²) in [6.45, 7) is 11.8.